The average Bonchev–Trinajstić information content (AvgIpc) is 3.19. The maximum absolute atomic E-state index is 12.0. The summed E-state index contributed by atoms with van der Waals surface area (Å²) in [4.78, 5) is 26.8. The summed E-state index contributed by atoms with van der Waals surface area (Å²) in [5, 5.41) is 19.4. The van der Waals surface area contributed by atoms with Gasteiger partial charge in [-0.05, 0) is 12.5 Å². The van der Waals surface area contributed by atoms with Crippen LogP contribution in [0.15, 0.2) is 43.0 Å². The lowest BCUT2D eigenvalue weighted by Crippen LogP contribution is -2.20. The van der Waals surface area contributed by atoms with Crippen LogP contribution in [0, 0.1) is 6.92 Å². The highest BCUT2D eigenvalue weighted by molar-refractivity contribution is 5.89. The highest BCUT2D eigenvalue weighted by Crippen LogP contribution is 2.06. The zero-order valence-electron chi connectivity index (χ0n) is 13.5. The minimum atomic E-state index is -1.09. The fourth-order valence-electron chi connectivity index (χ4n) is 2.18. The van der Waals surface area contributed by atoms with Gasteiger partial charge in [-0.25, -0.2) is 14.5 Å². The quantitative estimate of drug-likeness (QED) is 0.696. The van der Waals surface area contributed by atoms with E-state index in [1.807, 2.05) is 31.2 Å². The van der Waals surface area contributed by atoms with Crippen LogP contribution in [0.25, 0.3) is 0 Å². The zero-order chi connectivity index (χ0) is 17.8. The van der Waals surface area contributed by atoms with Gasteiger partial charge in [0, 0.05) is 6.20 Å². The molecule has 0 aliphatic heterocycles. The van der Waals surface area contributed by atoms with Gasteiger partial charge in [-0.2, -0.15) is 5.10 Å². The molecular weight excluding hydrogens is 324 g/mol. The van der Waals surface area contributed by atoms with E-state index in [2.05, 4.69) is 20.5 Å². The number of hydrogen-bond acceptors (Lipinski definition) is 5. The lowest BCUT2D eigenvalue weighted by molar-refractivity contribution is -0.117. The maximum Gasteiger partial charge on any atom is 0.338 e. The molecule has 0 bridgehead atoms. The van der Waals surface area contributed by atoms with E-state index in [9.17, 15) is 9.59 Å². The molecule has 3 aromatic rings. The SMILES string of the molecule is Cc1ccc(Cn2cnc(NC(=O)Cn3cc(C(=O)O)cn3)n2)cc1. The summed E-state index contributed by atoms with van der Waals surface area (Å²) in [5.74, 6) is -1.31. The van der Waals surface area contributed by atoms with Gasteiger partial charge in [-0.15, -0.1) is 5.10 Å². The molecule has 1 aromatic carbocycles. The fourth-order valence-corrected chi connectivity index (χ4v) is 2.18. The summed E-state index contributed by atoms with van der Waals surface area (Å²) in [5.41, 5.74) is 2.28. The van der Waals surface area contributed by atoms with Crippen LogP contribution in [0.1, 0.15) is 21.5 Å². The van der Waals surface area contributed by atoms with Crippen LogP contribution in [0.5, 0.6) is 0 Å². The lowest BCUT2D eigenvalue weighted by Gasteiger charge is -2.02. The number of nitrogens with zero attached hydrogens (tertiary/aromatic N) is 5. The Hall–Kier alpha value is -3.49. The first kappa shape index (κ1) is 16.4. The number of anilines is 1. The van der Waals surface area contributed by atoms with Gasteiger partial charge in [0.05, 0.1) is 18.3 Å². The highest BCUT2D eigenvalue weighted by atomic mass is 16.4. The molecule has 2 N–H and O–H groups in total. The van der Waals surface area contributed by atoms with Crippen LogP contribution >= 0.6 is 0 Å². The Morgan fingerprint density at radius 3 is 2.64 bits per heavy atom. The van der Waals surface area contributed by atoms with Crippen molar-refractivity contribution in [1.82, 2.24) is 24.5 Å². The minimum Gasteiger partial charge on any atom is -0.478 e. The largest absolute Gasteiger partial charge is 0.478 e. The maximum atomic E-state index is 12.0. The van der Waals surface area contributed by atoms with Gasteiger partial charge in [-0.3, -0.25) is 14.8 Å². The lowest BCUT2D eigenvalue weighted by atomic mass is 10.1. The second kappa shape index (κ2) is 6.95. The molecule has 0 saturated heterocycles. The molecule has 2 heterocycles. The first-order chi connectivity index (χ1) is 12.0. The number of carboxylic acid groups (broad SMARTS) is 1. The van der Waals surface area contributed by atoms with E-state index in [1.165, 1.54) is 29.0 Å². The Morgan fingerprint density at radius 1 is 1.20 bits per heavy atom. The average molecular weight is 340 g/mol. The third-order valence-corrected chi connectivity index (χ3v) is 3.44. The summed E-state index contributed by atoms with van der Waals surface area (Å²) in [6.45, 7) is 2.44. The molecular formula is C16H16N6O3. The predicted octanol–water partition coefficient (Wildman–Crippen LogP) is 1.17. The van der Waals surface area contributed by atoms with Gasteiger partial charge in [0.25, 0.3) is 0 Å². The van der Waals surface area contributed by atoms with Gasteiger partial charge in [0.15, 0.2) is 0 Å². The third kappa shape index (κ3) is 4.28. The second-order valence-electron chi connectivity index (χ2n) is 5.53. The van der Waals surface area contributed by atoms with E-state index in [-0.39, 0.29) is 18.1 Å². The standard InChI is InChI=1S/C16H16N6O3/c1-11-2-4-12(5-3-11)7-22-10-17-16(20-22)19-14(23)9-21-8-13(6-18-21)15(24)25/h2-6,8,10H,7,9H2,1H3,(H,24,25)(H,19,20,23). The van der Waals surface area contributed by atoms with Crippen molar-refractivity contribution in [2.24, 2.45) is 0 Å². The number of rotatable bonds is 6. The topological polar surface area (TPSA) is 115 Å². The Balaban J connectivity index is 1.57. The molecule has 0 unspecified atom stereocenters. The number of carbonyl (C=O) groups excluding carboxylic acids is 1. The number of aromatic carboxylic acids is 1. The summed E-state index contributed by atoms with van der Waals surface area (Å²) in [6.07, 6.45) is 4.00. The van der Waals surface area contributed by atoms with E-state index in [4.69, 9.17) is 5.11 Å². The van der Waals surface area contributed by atoms with Crippen LogP contribution in [-0.4, -0.2) is 41.5 Å². The third-order valence-electron chi connectivity index (χ3n) is 3.44. The monoisotopic (exact) mass is 340 g/mol. The minimum absolute atomic E-state index is 0.0216. The Morgan fingerprint density at radius 2 is 1.96 bits per heavy atom. The van der Waals surface area contributed by atoms with Crippen LogP contribution in [-0.2, 0) is 17.9 Å². The van der Waals surface area contributed by atoms with Gasteiger partial charge < -0.3 is 5.11 Å². The van der Waals surface area contributed by atoms with Crippen LogP contribution in [0.4, 0.5) is 5.95 Å². The number of hydrogen-bond donors (Lipinski definition) is 2. The molecule has 9 nitrogen and oxygen atoms in total. The molecule has 128 valence electrons. The van der Waals surface area contributed by atoms with Gasteiger partial charge in [-0.1, -0.05) is 29.8 Å². The molecule has 0 aliphatic carbocycles. The van der Waals surface area contributed by atoms with E-state index in [1.54, 1.807) is 4.68 Å². The molecule has 0 radical (unpaired) electrons. The van der Waals surface area contributed by atoms with Crippen molar-refractivity contribution in [3.8, 4) is 0 Å². The van der Waals surface area contributed by atoms with Crippen molar-refractivity contribution in [2.75, 3.05) is 5.32 Å². The Labute approximate surface area is 142 Å². The van der Waals surface area contributed by atoms with E-state index in [0.717, 1.165) is 5.56 Å². The Kier molecular flexibility index (Phi) is 4.55. The summed E-state index contributed by atoms with van der Waals surface area (Å²) in [6, 6.07) is 8.05. The van der Waals surface area contributed by atoms with Crippen LogP contribution in [0.3, 0.4) is 0 Å². The van der Waals surface area contributed by atoms with Crippen molar-refractivity contribution < 1.29 is 14.7 Å². The molecule has 0 spiro atoms. The normalized spacial score (nSPS) is 10.6. The first-order valence-electron chi connectivity index (χ1n) is 7.50. The number of amides is 1. The van der Waals surface area contributed by atoms with Gasteiger partial charge in [0.2, 0.25) is 11.9 Å². The van der Waals surface area contributed by atoms with Crippen molar-refractivity contribution in [2.45, 2.75) is 20.0 Å². The number of carbonyl (C=O) groups is 2. The molecule has 0 saturated carbocycles. The number of aromatic nitrogens is 5. The zero-order valence-corrected chi connectivity index (χ0v) is 13.5. The number of nitrogens with one attached hydrogen (secondary N) is 1. The number of aryl methyl sites for hydroxylation is 1. The fraction of sp³-hybridized carbons (Fsp3) is 0.188. The first-order valence-corrected chi connectivity index (χ1v) is 7.50. The number of benzene rings is 1. The predicted molar refractivity (Wildman–Crippen MR) is 88.1 cm³/mol. The smallest absolute Gasteiger partial charge is 0.338 e. The molecule has 0 aliphatic rings. The van der Waals surface area contributed by atoms with Crippen LogP contribution in [0.2, 0.25) is 0 Å². The highest BCUT2D eigenvalue weighted by Gasteiger charge is 2.11. The Bertz CT molecular complexity index is 897. The van der Waals surface area contributed by atoms with E-state index in [0.29, 0.717) is 6.54 Å². The van der Waals surface area contributed by atoms with Gasteiger partial charge >= 0.3 is 5.97 Å². The summed E-state index contributed by atoms with van der Waals surface area (Å²) >= 11 is 0. The van der Waals surface area contributed by atoms with Crippen molar-refractivity contribution in [3.63, 3.8) is 0 Å². The molecule has 1 amide bonds. The van der Waals surface area contributed by atoms with Crippen LogP contribution < -0.4 is 5.32 Å². The molecule has 0 fully saturated rings. The van der Waals surface area contributed by atoms with E-state index >= 15 is 0 Å². The van der Waals surface area contributed by atoms with E-state index < -0.39 is 11.9 Å². The van der Waals surface area contributed by atoms with Gasteiger partial charge in [0.1, 0.15) is 12.9 Å². The van der Waals surface area contributed by atoms with Crippen molar-refractivity contribution in [1.29, 1.82) is 0 Å². The van der Waals surface area contributed by atoms with Crippen molar-refractivity contribution >= 4 is 17.8 Å². The molecule has 2 aromatic heterocycles. The molecule has 9 heteroatoms. The van der Waals surface area contributed by atoms with Crippen molar-refractivity contribution in [3.05, 3.63) is 59.7 Å². The second-order valence-corrected chi connectivity index (χ2v) is 5.53. The molecule has 3 rings (SSSR count). The summed E-state index contributed by atoms with van der Waals surface area (Å²) < 4.78 is 2.86. The molecule has 25 heavy (non-hydrogen) atoms. The molecule has 0 atom stereocenters. The summed E-state index contributed by atoms with van der Waals surface area (Å²) in [7, 11) is 0. The number of carboxylic acids is 1.